The summed E-state index contributed by atoms with van der Waals surface area (Å²) in [5, 5.41) is 13.1. The molecule has 8 nitrogen and oxygen atoms in total. The lowest BCUT2D eigenvalue weighted by Crippen LogP contribution is -2.34. The van der Waals surface area contributed by atoms with Crippen molar-refractivity contribution >= 4 is 27.5 Å². The van der Waals surface area contributed by atoms with Crippen molar-refractivity contribution in [2.24, 2.45) is 0 Å². The van der Waals surface area contributed by atoms with Gasteiger partial charge in [0, 0.05) is 19.7 Å². The van der Waals surface area contributed by atoms with E-state index < -0.39 is 12.0 Å². The van der Waals surface area contributed by atoms with Crippen molar-refractivity contribution in [2.45, 2.75) is 19.6 Å². The Morgan fingerprint density at radius 2 is 2.27 bits per heavy atom. The summed E-state index contributed by atoms with van der Waals surface area (Å²) in [6, 6.07) is 5.66. The Morgan fingerprint density at radius 3 is 3.08 bits per heavy atom. The summed E-state index contributed by atoms with van der Waals surface area (Å²) < 4.78 is 16.8. The van der Waals surface area contributed by atoms with Crippen molar-refractivity contribution in [1.82, 2.24) is 15.3 Å². The maximum absolute atomic E-state index is 12.0. The molecule has 0 fully saturated rings. The van der Waals surface area contributed by atoms with Crippen LogP contribution in [0.4, 0.5) is 0 Å². The van der Waals surface area contributed by atoms with Gasteiger partial charge in [0.05, 0.1) is 27.9 Å². The highest BCUT2D eigenvalue weighted by molar-refractivity contribution is 7.18. The molecule has 2 aromatic heterocycles. The molecule has 0 unspecified atom stereocenters. The minimum Gasteiger partial charge on any atom is -0.484 e. The van der Waals surface area contributed by atoms with Gasteiger partial charge in [-0.1, -0.05) is 0 Å². The number of nitrogens with one attached hydrogen (secondary N) is 1. The van der Waals surface area contributed by atoms with Crippen molar-refractivity contribution in [2.75, 3.05) is 20.3 Å². The molecule has 0 saturated carbocycles. The normalized spacial score (nSPS) is 12.3. The number of rotatable bonds is 8. The number of aliphatic hydroxyl groups excluding tert-OH is 1. The first kappa shape index (κ1) is 18.3. The summed E-state index contributed by atoms with van der Waals surface area (Å²) in [6.45, 7) is 2.26. The van der Waals surface area contributed by atoms with Gasteiger partial charge in [0.2, 0.25) is 5.89 Å². The van der Waals surface area contributed by atoms with E-state index in [4.69, 9.17) is 13.9 Å². The number of hydrogen-bond acceptors (Lipinski definition) is 8. The molecule has 0 saturated heterocycles. The molecule has 0 spiro atoms. The van der Waals surface area contributed by atoms with Crippen LogP contribution in [0.1, 0.15) is 21.4 Å². The number of hydrogen-bond donors (Lipinski definition) is 2. The Bertz CT molecular complexity index is 892. The summed E-state index contributed by atoms with van der Waals surface area (Å²) in [7, 11) is 1.47. The molecular weight excluding hydrogens is 358 g/mol. The number of oxazole rings is 1. The standard InChI is InChI=1S/C17H19N3O5S/c1-10-19-13-5-12(3-4-15(13)26-10)24-9-16-20-14(8-25-16)17(22)18-6-11(21)7-23-2/h3-5,8,11,21H,6-7,9H2,1-2H3,(H,18,22)/t11-/m1/s1. The maximum atomic E-state index is 12.0. The number of nitrogens with zero attached hydrogens (tertiary/aromatic N) is 2. The first-order valence-corrected chi connectivity index (χ1v) is 8.76. The molecule has 2 N–H and O–H groups in total. The molecule has 138 valence electrons. The lowest BCUT2D eigenvalue weighted by molar-refractivity contribution is 0.0608. The Labute approximate surface area is 153 Å². The minimum absolute atomic E-state index is 0.0679. The van der Waals surface area contributed by atoms with Crippen molar-refractivity contribution < 1.29 is 23.8 Å². The van der Waals surface area contributed by atoms with Crippen molar-refractivity contribution in [1.29, 1.82) is 0 Å². The van der Waals surface area contributed by atoms with Crippen molar-refractivity contribution in [3.8, 4) is 5.75 Å². The fraction of sp³-hybridized carbons (Fsp3) is 0.353. The van der Waals surface area contributed by atoms with Gasteiger partial charge in [0.25, 0.3) is 5.91 Å². The minimum atomic E-state index is -0.775. The predicted octanol–water partition coefficient (Wildman–Crippen LogP) is 1.91. The average molecular weight is 377 g/mol. The van der Waals surface area contributed by atoms with Gasteiger partial charge in [-0.25, -0.2) is 9.97 Å². The molecule has 1 aromatic carbocycles. The molecule has 9 heteroatoms. The third-order valence-corrected chi connectivity index (χ3v) is 4.42. The van der Waals surface area contributed by atoms with Crippen LogP contribution in [0.5, 0.6) is 5.75 Å². The third kappa shape index (κ3) is 4.57. The Balaban J connectivity index is 1.54. The quantitative estimate of drug-likeness (QED) is 0.617. The molecule has 0 aliphatic carbocycles. The van der Waals surface area contributed by atoms with Gasteiger partial charge in [0.1, 0.15) is 12.0 Å². The van der Waals surface area contributed by atoms with Crippen LogP contribution in [0.25, 0.3) is 10.2 Å². The average Bonchev–Trinajstić information content (AvgIpc) is 3.23. The molecular formula is C17H19N3O5S. The van der Waals surface area contributed by atoms with Crippen molar-refractivity contribution in [3.63, 3.8) is 0 Å². The summed E-state index contributed by atoms with van der Waals surface area (Å²) in [4.78, 5) is 20.5. The van der Waals surface area contributed by atoms with Crippen LogP contribution < -0.4 is 10.1 Å². The van der Waals surface area contributed by atoms with E-state index in [1.54, 1.807) is 11.3 Å². The van der Waals surface area contributed by atoms with Gasteiger partial charge in [-0.05, 0) is 19.1 Å². The molecule has 3 rings (SSSR count). The van der Waals surface area contributed by atoms with Crippen LogP contribution >= 0.6 is 11.3 Å². The second-order valence-corrected chi connectivity index (χ2v) is 6.83. The SMILES string of the molecule is COC[C@H](O)CNC(=O)c1coc(COc2ccc3sc(C)nc3c2)n1. The molecule has 0 bridgehead atoms. The summed E-state index contributed by atoms with van der Waals surface area (Å²) in [5.74, 6) is 0.492. The van der Waals surface area contributed by atoms with Gasteiger partial charge in [-0.15, -0.1) is 11.3 Å². The lowest BCUT2D eigenvalue weighted by atomic mass is 10.3. The number of aliphatic hydroxyl groups is 1. The highest BCUT2D eigenvalue weighted by atomic mass is 32.1. The number of aryl methyl sites for hydroxylation is 1. The zero-order chi connectivity index (χ0) is 18.5. The largest absolute Gasteiger partial charge is 0.484 e. The zero-order valence-electron chi connectivity index (χ0n) is 14.4. The first-order chi connectivity index (χ1) is 12.5. The second-order valence-electron chi connectivity index (χ2n) is 5.60. The lowest BCUT2D eigenvalue weighted by Gasteiger charge is -2.09. The van der Waals surface area contributed by atoms with E-state index in [9.17, 15) is 9.90 Å². The number of methoxy groups -OCH3 is 1. The summed E-state index contributed by atoms with van der Waals surface area (Å²) >= 11 is 1.62. The van der Waals surface area contributed by atoms with Crippen LogP contribution in [0.3, 0.4) is 0 Å². The monoisotopic (exact) mass is 377 g/mol. The van der Waals surface area contributed by atoms with Crippen LogP contribution in [0, 0.1) is 6.92 Å². The Morgan fingerprint density at radius 1 is 1.42 bits per heavy atom. The van der Waals surface area contributed by atoms with E-state index in [1.165, 1.54) is 13.4 Å². The predicted molar refractivity (Wildman–Crippen MR) is 95.4 cm³/mol. The van der Waals surface area contributed by atoms with Crippen molar-refractivity contribution in [3.05, 3.63) is 41.1 Å². The molecule has 0 radical (unpaired) electrons. The summed E-state index contributed by atoms with van der Waals surface area (Å²) in [6.07, 6.45) is 0.479. The molecule has 26 heavy (non-hydrogen) atoms. The summed E-state index contributed by atoms with van der Waals surface area (Å²) in [5.41, 5.74) is 1.01. The van der Waals surface area contributed by atoms with E-state index in [2.05, 4.69) is 15.3 Å². The number of ether oxygens (including phenoxy) is 2. The van der Waals surface area contributed by atoms with Crippen LogP contribution in [-0.4, -0.2) is 47.3 Å². The maximum Gasteiger partial charge on any atom is 0.273 e. The van der Waals surface area contributed by atoms with Gasteiger partial charge >= 0.3 is 0 Å². The molecule has 1 atom stereocenters. The second kappa shape index (κ2) is 8.26. The molecule has 3 aromatic rings. The first-order valence-electron chi connectivity index (χ1n) is 7.94. The van der Waals surface area contributed by atoms with E-state index in [1.807, 2.05) is 25.1 Å². The fourth-order valence-electron chi connectivity index (χ4n) is 2.29. The number of amides is 1. The Kier molecular flexibility index (Phi) is 5.82. The molecule has 0 aliphatic heterocycles. The van der Waals surface area contributed by atoms with Gasteiger partial charge in [-0.2, -0.15) is 0 Å². The Hall–Kier alpha value is -2.49. The van der Waals surface area contributed by atoms with E-state index >= 15 is 0 Å². The number of thiazole rings is 1. The van der Waals surface area contributed by atoms with E-state index in [0.29, 0.717) is 5.75 Å². The highest BCUT2D eigenvalue weighted by Gasteiger charge is 2.14. The van der Waals surface area contributed by atoms with E-state index in [0.717, 1.165) is 15.2 Å². The highest BCUT2D eigenvalue weighted by Crippen LogP contribution is 2.25. The number of benzene rings is 1. The van der Waals surface area contributed by atoms with Gasteiger partial charge in [-0.3, -0.25) is 4.79 Å². The third-order valence-electron chi connectivity index (χ3n) is 3.47. The molecule has 2 heterocycles. The topological polar surface area (TPSA) is 107 Å². The van der Waals surface area contributed by atoms with Crippen LogP contribution in [0.2, 0.25) is 0 Å². The number of carbonyl (C=O) groups is 1. The zero-order valence-corrected chi connectivity index (χ0v) is 15.2. The number of aromatic nitrogens is 2. The van der Waals surface area contributed by atoms with Crippen LogP contribution in [0.15, 0.2) is 28.9 Å². The molecule has 1 amide bonds. The number of fused-ring (bicyclic) bond motifs is 1. The molecule has 0 aliphatic rings. The fourth-order valence-corrected chi connectivity index (χ4v) is 3.10. The van der Waals surface area contributed by atoms with Gasteiger partial charge in [0.15, 0.2) is 12.3 Å². The van der Waals surface area contributed by atoms with Crippen LogP contribution in [-0.2, 0) is 11.3 Å². The smallest absolute Gasteiger partial charge is 0.273 e. The van der Waals surface area contributed by atoms with E-state index in [-0.39, 0.29) is 31.3 Å². The van der Waals surface area contributed by atoms with Gasteiger partial charge < -0.3 is 24.3 Å². The number of carbonyl (C=O) groups excluding carboxylic acids is 1.